The highest BCUT2D eigenvalue weighted by Gasteiger charge is 2.17. The van der Waals surface area contributed by atoms with Crippen molar-refractivity contribution in [3.05, 3.63) is 64.5 Å². The van der Waals surface area contributed by atoms with Crippen LogP contribution in [0.2, 0.25) is 0 Å². The number of fused-ring (bicyclic) bond motifs is 1. The van der Waals surface area contributed by atoms with Gasteiger partial charge in [-0.25, -0.2) is 0 Å². The lowest BCUT2D eigenvalue weighted by Gasteiger charge is -2.18. The van der Waals surface area contributed by atoms with Crippen LogP contribution in [0.5, 0.6) is 5.75 Å². The quantitative estimate of drug-likeness (QED) is 0.764. The first kappa shape index (κ1) is 14.1. The Balaban J connectivity index is 2.10. The third-order valence-electron chi connectivity index (χ3n) is 3.88. The van der Waals surface area contributed by atoms with Crippen molar-refractivity contribution in [1.29, 1.82) is 0 Å². The highest BCUT2D eigenvalue weighted by Crippen LogP contribution is 2.34. The molecule has 1 heterocycles. The summed E-state index contributed by atoms with van der Waals surface area (Å²) < 4.78 is 6.79. The van der Waals surface area contributed by atoms with Crippen molar-refractivity contribution < 1.29 is 4.74 Å². The molecule has 3 aromatic rings. The van der Waals surface area contributed by atoms with Crippen molar-refractivity contribution in [3.63, 3.8) is 0 Å². The summed E-state index contributed by atoms with van der Waals surface area (Å²) in [7, 11) is 3.73. The first-order valence-electron chi connectivity index (χ1n) is 7.02. The largest absolute Gasteiger partial charge is 0.496 e. The van der Waals surface area contributed by atoms with Crippen molar-refractivity contribution in [2.75, 3.05) is 14.2 Å². The third kappa shape index (κ3) is 2.55. The van der Waals surface area contributed by atoms with E-state index in [1.165, 1.54) is 21.2 Å². The minimum absolute atomic E-state index is 0.177. The summed E-state index contributed by atoms with van der Waals surface area (Å²) >= 11 is 1.79. The molecule has 0 saturated carbocycles. The molecule has 0 aliphatic rings. The van der Waals surface area contributed by atoms with E-state index >= 15 is 0 Å². The molecule has 3 rings (SSSR count). The Bertz CT molecular complexity index is 763. The predicted octanol–water partition coefficient (Wildman–Crippen LogP) is 4.53. The number of ether oxygens (including phenoxy) is 1. The van der Waals surface area contributed by atoms with E-state index in [0.717, 1.165) is 11.3 Å². The van der Waals surface area contributed by atoms with Gasteiger partial charge >= 0.3 is 0 Å². The molecule has 2 aromatic carbocycles. The van der Waals surface area contributed by atoms with Gasteiger partial charge in [0.2, 0.25) is 0 Å². The van der Waals surface area contributed by atoms with E-state index in [1.54, 1.807) is 18.4 Å². The number of hydrogen-bond donors (Lipinski definition) is 1. The van der Waals surface area contributed by atoms with Gasteiger partial charge in [-0.05, 0) is 53.6 Å². The van der Waals surface area contributed by atoms with E-state index in [2.05, 4.69) is 60.1 Å². The summed E-state index contributed by atoms with van der Waals surface area (Å²) in [6, 6.07) is 15.1. The first-order chi connectivity index (χ1) is 10.2. The Labute approximate surface area is 129 Å². The highest BCUT2D eigenvalue weighted by atomic mass is 32.1. The molecule has 1 unspecified atom stereocenters. The molecule has 108 valence electrons. The molecule has 0 radical (unpaired) electrons. The van der Waals surface area contributed by atoms with Gasteiger partial charge in [0.15, 0.2) is 0 Å². The Morgan fingerprint density at radius 1 is 1.14 bits per heavy atom. The van der Waals surface area contributed by atoms with Crippen LogP contribution < -0.4 is 10.1 Å². The second-order valence-corrected chi connectivity index (χ2v) is 6.05. The van der Waals surface area contributed by atoms with Gasteiger partial charge in [0.25, 0.3) is 0 Å². The number of methoxy groups -OCH3 is 1. The van der Waals surface area contributed by atoms with Crippen molar-refractivity contribution in [2.24, 2.45) is 0 Å². The Kier molecular flexibility index (Phi) is 3.95. The maximum absolute atomic E-state index is 5.46. The molecule has 21 heavy (non-hydrogen) atoms. The van der Waals surface area contributed by atoms with Crippen molar-refractivity contribution >= 4 is 21.4 Å². The summed E-state index contributed by atoms with van der Waals surface area (Å²) in [6.07, 6.45) is 0. The summed E-state index contributed by atoms with van der Waals surface area (Å²) in [5, 5.41) is 7.00. The van der Waals surface area contributed by atoms with Gasteiger partial charge in [-0.3, -0.25) is 0 Å². The molecule has 0 bridgehead atoms. The number of benzene rings is 2. The second-order valence-electron chi connectivity index (χ2n) is 5.14. The Morgan fingerprint density at radius 3 is 2.71 bits per heavy atom. The maximum Gasteiger partial charge on any atom is 0.122 e. The van der Waals surface area contributed by atoms with Crippen LogP contribution in [-0.4, -0.2) is 14.2 Å². The van der Waals surface area contributed by atoms with Crippen molar-refractivity contribution in [1.82, 2.24) is 5.32 Å². The molecule has 1 atom stereocenters. The van der Waals surface area contributed by atoms with Crippen LogP contribution >= 0.6 is 11.3 Å². The van der Waals surface area contributed by atoms with Gasteiger partial charge in [-0.2, -0.15) is 0 Å². The van der Waals surface area contributed by atoms with E-state index in [0.29, 0.717) is 0 Å². The van der Waals surface area contributed by atoms with Crippen molar-refractivity contribution in [3.8, 4) is 5.75 Å². The van der Waals surface area contributed by atoms with Crippen LogP contribution in [0.3, 0.4) is 0 Å². The van der Waals surface area contributed by atoms with Crippen LogP contribution in [-0.2, 0) is 0 Å². The number of hydrogen-bond acceptors (Lipinski definition) is 3. The minimum atomic E-state index is 0.177. The van der Waals surface area contributed by atoms with Gasteiger partial charge in [0, 0.05) is 4.70 Å². The average molecular weight is 297 g/mol. The molecule has 1 aromatic heterocycles. The lowest BCUT2D eigenvalue weighted by atomic mass is 9.97. The molecule has 2 nitrogen and oxygen atoms in total. The SMILES string of the molecule is CNC(c1ccc(C)c(OC)c1)c1csc2ccccc12. The van der Waals surface area contributed by atoms with Crippen LogP contribution in [0.1, 0.15) is 22.7 Å². The van der Waals surface area contributed by atoms with E-state index < -0.39 is 0 Å². The molecule has 0 aliphatic carbocycles. The highest BCUT2D eigenvalue weighted by molar-refractivity contribution is 7.17. The zero-order valence-corrected chi connectivity index (χ0v) is 13.3. The van der Waals surface area contributed by atoms with Gasteiger partial charge in [-0.15, -0.1) is 11.3 Å². The molecule has 0 amide bonds. The van der Waals surface area contributed by atoms with Crippen LogP contribution in [0.4, 0.5) is 0 Å². The normalized spacial score (nSPS) is 12.5. The lowest BCUT2D eigenvalue weighted by molar-refractivity contribution is 0.410. The summed E-state index contributed by atoms with van der Waals surface area (Å²) in [4.78, 5) is 0. The topological polar surface area (TPSA) is 21.3 Å². The van der Waals surface area contributed by atoms with Crippen LogP contribution in [0, 0.1) is 6.92 Å². The first-order valence-corrected chi connectivity index (χ1v) is 7.90. The van der Waals surface area contributed by atoms with E-state index in [1.807, 2.05) is 7.05 Å². The maximum atomic E-state index is 5.46. The monoisotopic (exact) mass is 297 g/mol. The van der Waals surface area contributed by atoms with Gasteiger partial charge in [0.1, 0.15) is 5.75 Å². The Morgan fingerprint density at radius 2 is 1.95 bits per heavy atom. The molecule has 0 spiro atoms. The fourth-order valence-electron chi connectivity index (χ4n) is 2.74. The molecule has 0 aliphatic heterocycles. The van der Waals surface area contributed by atoms with Crippen LogP contribution in [0.15, 0.2) is 47.8 Å². The van der Waals surface area contributed by atoms with Crippen molar-refractivity contribution in [2.45, 2.75) is 13.0 Å². The molecule has 0 saturated heterocycles. The number of nitrogens with one attached hydrogen (secondary N) is 1. The molecular formula is C18H19NOS. The number of thiophene rings is 1. The second kappa shape index (κ2) is 5.88. The molecule has 0 fully saturated rings. The van der Waals surface area contributed by atoms with Gasteiger partial charge < -0.3 is 10.1 Å². The van der Waals surface area contributed by atoms with Gasteiger partial charge in [-0.1, -0.05) is 30.3 Å². The van der Waals surface area contributed by atoms with Gasteiger partial charge in [0.05, 0.1) is 13.2 Å². The third-order valence-corrected chi connectivity index (χ3v) is 4.86. The van der Waals surface area contributed by atoms with Crippen LogP contribution in [0.25, 0.3) is 10.1 Å². The van der Waals surface area contributed by atoms with E-state index in [9.17, 15) is 0 Å². The minimum Gasteiger partial charge on any atom is -0.496 e. The lowest BCUT2D eigenvalue weighted by Crippen LogP contribution is -2.17. The molecule has 1 N–H and O–H groups in total. The summed E-state index contributed by atoms with van der Waals surface area (Å²) in [5.74, 6) is 0.937. The zero-order valence-electron chi connectivity index (χ0n) is 12.5. The summed E-state index contributed by atoms with van der Waals surface area (Å²) in [6.45, 7) is 2.07. The zero-order chi connectivity index (χ0) is 14.8. The Hall–Kier alpha value is -1.84. The number of rotatable bonds is 4. The fourth-order valence-corrected chi connectivity index (χ4v) is 3.73. The smallest absolute Gasteiger partial charge is 0.122 e. The molecular weight excluding hydrogens is 278 g/mol. The average Bonchev–Trinajstić information content (AvgIpc) is 2.94. The van der Waals surface area contributed by atoms with E-state index in [-0.39, 0.29) is 6.04 Å². The van der Waals surface area contributed by atoms with E-state index in [4.69, 9.17) is 4.74 Å². The summed E-state index contributed by atoms with van der Waals surface area (Å²) in [5.41, 5.74) is 3.71. The standard InChI is InChI=1S/C18H19NOS/c1-12-8-9-13(10-16(12)20-3)18(19-2)15-11-21-17-7-5-4-6-14(15)17/h4-11,18-19H,1-3H3. The predicted molar refractivity (Wildman–Crippen MR) is 90.5 cm³/mol. The molecule has 3 heteroatoms. The number of aryl methyl sites for hydroxylation is 1. The fraction of sp³-hybridized carbons (Fsp3) is 0.222.